The molecule has 5 nitrogen and oxygen atoms in total. The van der Waals surface area contributed by atoms with Crippen LogP contribution in [0.4, 0.5) is 0 Å². The Morgan fingerprint density at radius 2 is 2.12 bits per heavy atom. The molecule has 0 spiro atoms. The van der Waals surface area contributed by atoms with E-state index in [2.05, 4.69) is 4.98 Å². The van der Waals surface area contributed by atoms with Crippen LogP contribution >= 0.6 is 34.5 Å². The predicted octanol–water partition coefficient (Wildman–Crippen LogP) is 4.05. The maximum Gasteiger partial charge on any atom is 0.308 e. The number of carboxylic acid groups (broad SMARTS) is 1. The first-order chi connectivity index (χ1) is 11.4. The Morgan fingerprint density at radius 3 is 2.75 bits per heavy atom. The topological polar surface area (TPSA) is 70.5 Å². The third-order valence-corrected chi connectivity index (χ3v) is 5.64. The number of carbonyl (C=O) groups excluding carboxylic acids is 1. The standard InChI is InChI=1S/C16H14Cl2N2O3S/c1-8-10(16(22)23)4-5-20(8)15(21)13-7-24-14(19-13)11-3-2-9(17)6-12(11)18/h2-3,6-8,10H,4-5H2,1H3,(H,22,23). The number of aliphatic carboxylic acids is 1. The first kappa shape index (κ1) is 17.2. The fourth-order valence-electron chi connectivity index (χ4n) is 2.86. The maximum atomic E-state index is 12.6. The Labute approximate surface area is 152 Å². The number of hydrogen-bond donors (Lipinski definition) is 1. The molecule has 2 atom stereocenters. The summed E-state index contributed by atoms with van der Waals surface area (Å²) in [6.45, 7) is 2.18. The van der Waals surface area contributed by atoms with Crippen LogP contribution in [0, 0.1) is 5.92 Å². The number of likely N-dealkylation sites (tertiary alicyclic amines) is 1. The number of hydrogen-bond acceptors (Lipinski definition) is 4. The largest absolute Gasteiger partial charge is 0.481 e. The molecule has 0 radical (unpaired) electrons. The molecule has 126 valence electrons. The number of aromatic nitrogens is 1. The van der Waals surface area contributed by atoms with Crippen molar-refractivity contribution in [3.8, 4) is 10.6 Å². The van der Waals surface area contributed by atoms with Gasteiger partial charge in [-0.05, 0) is 31.5 Å². The highest BCUT2D eigenvalue weighted by Crippen LogP contribution is 2.33. The van der Waals surface area contributed by atoms with Crippen molar-refractivity contribution in [3.63, 3.8) is 0 Å². The number of halogens is 2. The second kappa shape index (κ2) is 6.70. The van der Waals surface area contributed by atoms with Crippen molar-refractivity contribution in [2.24, 2.45) is 5.92 Å². The molecule has 8 heteroatoms. The average molecular weight is 385 g/mol. The first-order valence-electron chi connectivity index (χ1n) is 7.33. The van der Waals surface area contributed by atoms with Crippen LogP contribution < -0.4 is 0 Å². The minimum absolute atomic E-state index is 0.251. The molecule has 2 unspecified atom stereocenters. The first-order valence-corrected chi connectivity index (χ1v) is 8.96. The highest BCUT2D eigenvalue weighted by molar-refractivity contribution is 7.13. The van der Waals surface area contributed by atoms with E-state index in [0.717, 1.165) is 0 Å². The van der Waals surface area contributed by atoms with Gasteiger partial charge in [0.05, 0.1) is 10.9 Å². The lowest BCUT2D eigenvalue weighted by atomic mass is 10.0. The highest BCUT2D eigenvalue weighted by atomic mass is 35.5. The number of benzene rings is 1. The van der Waals surface area contributed by atoms with Gasteiger partial charge in [0, 0.05) is 28.6 Å². The van der Waals surface area contributed by atoms with E-state index in [9.17, 15) is 14.7 Å². The summed E-state index contributed by atoms with van der Waals surface area (Å²) < 4.78 is 0. The van der Waals surface area contributed by atoms with E-state index in [-0.39, 0.29) is 11.9 Å². The zero-order valence-electron chi connectivity index (χ0n) is 12.7. The number of rotatable bonds is 3. The van der Waals surface area contributed by atoms with Crippen LogP contribution in [0.1, 0.15) is 23.8 Å². The van der Waals surface area contributed by atoms with E-state index < -0.39 is 11.9 Å². The number of nitrogens with zero attached hydrogens (tertiary/aromatic N) is 2. The van der Waals surface area contributed by atoms with Gasteiger partial charge in [0.2, 0.25) is 0 Å². The summed E-state index contributed by atoms with van der Waals surface area (Å²) in [5.41, 5.74) is 1.02. The molecule has 1 aromatic heterocycles. The summed E-state index contributed by atoms with van der Waals surface area (Å²) in [6.07, 6.45) is 0.461. The van der Waals surface area contributed by atoms with E-state index >= 15 is 0 Å². The van der Waals surface area contributed by atoms with Crippen molar-refractivity contribution in [1.29, 1.82) is 0 Å². The maximum absolute atomic E-state index is 12.6. The fourth-order valence-corrected chi connectivity index (χ4v) is 4.25. The molecule has 1 saturated heterocycles. The molecule has 3 rings (SSSR count). The third kappa shape index (κ3) is 3.14. The van der Waals surface area contributed by atoms with Gasteiger partial charge in [-0.3, -0.25) is 9.59 Å². The molecule has 1 aliphatic heterocycles. The van der Waals surface area contributed by atoms with Crippen LogP contribution in [-0.2, 0) is 4.79 Å². The SMILES string of the molecule is CC1C(C(=O)O)CCN1C(=O)c1csc(-c2ccc(Cl)cc2Cl)n1. The molecule has 0 saturated carbocycles. The van der Waals surface area contributed by atoms with Gasteiger partial charge in [0.1, 0.15) is 10.7 Å². The molecule has 1 aromatic carbocycles. The molecule has 0 aliphatic carbocycles. The lowest BCUT2D eigenvalue weighted by Crippen LogP contribution is -2.37. The van der Waals surface area contributed by atoms with Crippen LogP contribution in [0.2, 0.25) is 10.0 Å². The van der Waals surface area contributed by atoms with Crippen LogP contribution in [0.15, 0.2) is 23.6 Å². The van der Waals surface area contributed by atoms with Gasteiger partial charge in [0.15, 0.2) is 0 Å². The quantitative estimate of drug-likeness (QED) is 0.865. The monoisotopic (exact) mass is 384 g/mol. The molecular formula is C16H14Cl2N2O3S. The minimum Gasteiger partial charge on any atom is -0.481 e. The minimum atomic E-state index is -0.871. The Hall–Kier alpha value is -1.63. The van der Waals surface area contributed by atoms with Crippen LogP contribution in [-0.4, -0.2) is 39.5 Å². The Bertz CT molecular complexity index is 808. The fraction of sp³-hybridized carbons (Fsp3) is 0.312. The molecule has 1 N–H and O–H groups in total. The van der Waals surface area contributed by atoms with Gasteiger partial charge in [-0.15, -0.1) is 11.3 Å². The lowest BCUT2D eigenvalue weighted by molar-refractivity contribution is -0.142. The second-order valence-electron chi connectivity index (χ2n) is 5.63. The normalized spacial score (nSPS) is 20.4. The zero-order chi connectivity index (χ0) is 17.4. The van der Waals surface area contributed by atoms with E-state index in [1.807, 2.05) is 0 Å². The van der Waals surface area contributed by atoms with Crippen LogP contribution in [0.3, 0.4) is 0 Å². The van der Waals surface area contributed by atoms with Gasteiger partial charge in [-0.25, -0.2) is 4.98 Å². The van der Waals surface area contributed by atoms with E-state index in [1.165, 1.54) is 11.3 Å². The summed E-state index contributed by atoms with van der Waals surface area (Å²) >= 11 is 13.4. The van der Waals surface area contributed by atoms with Crippen molar-refractivity contribution in [2.75, 3.05) is 6.54 Å². The lowest BCUT2D eigenvalue weighted by Gasteiger charge is -2.22. The summed E-state index contributed by atoms with van der Waals surface area (Å²) in [4.78, 5) is 29.8. The van der Waals surface area contributed by atoms with Crippen molar-refractivity contribution in [3.05, 3.63) is 39.3 Å². The molecule has 24 heavy (non-hydrogen) atoms. The predicted molar refractivity (Wildman–Crippen MR) is 93.8 cm³/mol. The number of amides is 1. The number of carboxylic acids is 1. The Morgan fingerprint density at radius 1 is 1.38 bits per heavy atom. The summed E-state index contributed by atoms with van der Waals surface area (Å²) in [5.74, 6) is -1.65. The van der Waals surface area contributed by atoms with Crippen LogP contribution in [0.5, 0.6) is 0 Å². The average Bonchev–Trinajstić information content (AvgIpc) is 3.13. The molecular weight excluding hydrogens is 371 g/mol. The Balaban J connectivity index is 1.83. The van der Waals surface area contributed by atoms with E-state index in [1.54, 1.807) is 35.4 Å². The molecule has 1 amide bonds. The van der Waals surface area contributed by atoms with Gasteiger partial charge in [-0.2, -0.15) is 0 Å². The Kier molecular flexibility index (Phi) is 4.80. The smallest absolute Gasteiger partial charge is 0.308 e. The van der Waals surface area contributed by atoms with Gasteiger partial charge in [-0.1, -0.05) is 23.2 Å². The molecule has 2 heterocycles. The molecule has 0 bridgehead atoms. The van der Waals surface area contributed by atoms with Crippen molar-refractivity contribution < 1.29 is 14.7 Å². The summed E-state index contributed by atoms with van der Waals surface area (Å²) in [6, 6.07) is 4.75. The van der Waals surface area contributed by atoms with Crippen molar-refractivity contribution in [2.45, 2.75) is 19.4 Å². The highest BCUT2D eigenvalue weighted by Gasteiger charge is 2.39. The van der Waals surface area contributed by atoms with E-state index in [4.69, 9.17) is 23.2 Å². The molecule has 1 aliphatic rings. The summed E-state index contributed by atoms with van der Waals surface area (Å²) in [7, 11) is 0. The van der Waals surface area contributed by atoms with Gasteiger partial charge in [0.25, 0.3) is 5.91 Å². The number of carbonyl (C=O) groups is 2. The second-order valence-corrected chi connectivity index (χ2v) is 7.34. The summed E-state index contributed by atoms with van der Waals surface area (Å²) in [5, 5.41) is 12.5. The van der Waals surface area contributed by atoms with E-state index in [0.29, 0.717) is 39.3 Å². The number of thiazole rings is 1. The zero-order valence-corrected chi connectivity index (χ0v) is 15.0. The van der Waals surface area contributed by atoms with Crippen LogP contribution in [0.25, 0.3) is 10.6 Å². The molecule has 1 fully saturated rings. The van der Waals surface area contributed by atoms with Crippen molar-refractivity contribution >= 4 is 46.4 Å². The van der Waals surface area contributed by atoms with Gasteiger partial charge < -0.3 is 10.0 Å². The molecule has 2 aromatic rings. The van der Waals surface area contributed by atoms with Gasteiger partial charge >= 0.3 is 5.97 Å². The third-order valence-electron chi connectivity index (χ3n) is 4.22. The van der Waals surface area contributed by atoms with Crippen molar-refractivity contribution in [1.82, 2.24) is 9.88 Å².